The zero-order valence-electron chi connectivity index (χ0n) is 36.5. The average molecular weight is 791 g/mol. The first kappa shape index (κ1) is 36.2. The Labute approximate surface area is 353 Å². The van der Waals surface area contributed by atoms with Crippen LogP contribution in [-0.4, -0.2) is 70.5 Å². The molecule has 0 radical (unpaired) electrons. The van der Waals surface area contributed by atoms with Crippen molar-refractivity contribution in [1.82, 2.24) is 9.80 Å². The predicted octanol–water partition coefficient (Wildman–Crippen LogP) is 11.3. The Kier molecular flexibility index (Phi) is 8.54. The predicted molar refractivity (Wildman–Crippen MR) is 229 cm³/mol. The second kappa shape index (κ2) is 13.7. The van der Waals surface area contributed by atoms with Crippen LogP contribution < -0.4 is 0 Å². The van der Waals surface area contributed by atoms with Gasteiger partial charge in [-0.1, -0.05) is 103 Å². The highest BCUT2D eigenvalue weighted by Crippen LogP contribution is 2.73. The van der Waals surface area contributed by atoms with Gasteiger partial charge in [0, 0.05) is 48.1 Å². The van der Waals surface area contributed by atoms with E-state index in [0.717, 1.165) is 131 Å². The molecule has 6 heterocycles. The summed E-state index contributed by atoms with van der Waals surface area (Å²) in [6, 6.07) is 5.43. The molecule has 0 amide bonds. The van der Waals surface area contributed by atoms with Gasteiger partial charge in [0.2, 0.25) is 0 Å². The minimum Gasteiger partial charge on any atom is -0.374 e. The summed E-state index contributed by atoms with van der Waals surface area (Å²) >= 11 is 0. The van der Waals surface area contributed by atoms with Gasteiger partial charge in [0.05, 0.1) is 24.4 Å². The molecule has 0 spiro atoms. The van der Waals surface area contributed by atoms with E-state index in [1.807, 2.05) is 0 Å². The summed E-state index contributed by atoms with van der Waals surface area (Å²) < 4.78 is 14.6. The topological polar surface area (TPSA) is 24.9 Å². The Balaban J connectivity index is 0.911. The molecule has 9 saturated carbocycles. The van der Waals surface area contributed by atoms with E-state index >= 15 is 0 Å². The molecule has 0 N–H and O–H groups in total. The van der Waals surface area contributed by atoms with Gasteiger partial charge in [-0.25, -0.2) is 0 Å². The minimum atomic E-state index is 0.593. The standard InChI is InChI=1S/C54H82N2O2/c1-3-13-29(14-4-1)43-47-37-21-11-19-31-34-26-28-42-46(36-18-8-10-24-40(36)58-42)52(34)56(49(31)37)54(47)44(30-15-5-2-6-16-30)48-38-22-12-20-32-33-25-27-41-45(35-17-7-9-23-39(35)57-41)51(33)55(50(32)38)53(43)48/h29-54H,1-28H2. The van der Waals surface area contributed by atoms with Crippen LogP contribution in [0.1, 0.15) is 180 Å². The fourth-order valence-corrected chi connectivity index (χ4v) is 23.4. The zero-order chi connectivity index (χ0) is 37.4. The maximum Gasteiger partial charge on any atom is 0.0626 e. The summed E-state index contributed by atoms with van der Waals surface area (Å²) in [4.78, 5) is 7.32. The zero-order valence-corrected chi connectivity index (χ0v) is 36.5. The highest BCUT2D eigenvalue weighted by atomic mass is 16.5. The lowest BCUT2D eigenvalue weighted by molar-refractivity contribution is -0.114. The third kappa shape index (κ3) is 4.76. The highest BCUT2D eigenvalue weighted by Gasteiger charge is 2.77. The molecule has 0 aromatic carbocycles. The molecule has 0 aromatic rings. The van der Waals surface area contributed by atoms with Crippen LogP contribution in [0.15, 0.2) is 0 Å². The first-order chi connectivity index (χ1) is 28.8. The molecule has 0 aromatic heterocycles. The number of hydrogen-bond donors (Lipinski definition) is 0. The van der Waals surface area contributed by atoms with E-state index in [1.165, 1.54) is 89.9 Å². The molecule has 0 bridgehead atoms. The molecule has 6 saturated heterocycles. The van der Waals surface area contributed by atoms with Crippen LogP contribution in [0.5, 0.6) is 0 Å². The maximum atomic E-state index is 7.29. The van der Waals surface area contributed by atoms with E-state index in [4.69, 9.17) is 9.47 Å². The minimum absolute atomic E-state index is 0.593. The van der Waals surface area contributed by atoms with E-state index in [1.54, 1.807) is 89.9 Å². The normalized spacial score (nSPS) is 60.8. The molecule has 4 nitrogen and oxygen atoms in total. The van der Waals surface area contributed by atoms with Crippen LogP contribution in [0.2, 0.25) is 0 Å². The van der Waals surface area contributed by atoms with Crippen LogP contribution in [0, 0.1) is 94.7 Å². The van der Waals surface area contributed by atoms with E-state index in [9.17, 15) is 0 Å². The summed E-state index contributed by atoms with van der Waals surface area (Å²) in [6.07, 6.45) is 44.9. The van der Waals surface area contributed by atoms with Crippen molar-refractivity contribution in [2.45, 2.75) is 240 Å². The van der Waals surface area contributed by atoms with Crippen molar-refractivity contribution in [1.29, 1.82) is 0 Å². The highest BCUT2D eigenvalue weighted by molar-refractivity contribution is 5.28. The van der Waals surface area contributed by atoms with Crippen molar-refractivity contribution in [2.75, 3.05) is 0 Å². The summed E-state index contributed by atoms with van der Waals surface area (Å²) in [6.45, 7) is 0. The average Bonchev–Trinajstić information content (AvgIpc) is 4.12. The van der Waals surface area contributed by atoms with Crippen molar-refractivity contribution < 1.29 is 9.47 Å². The quantitative estimate of drug-likeness (QED) is 0.278. The molecular formula is C54H82N2O2. The molecule has 15 rings (SSSR count). The van der Waals surface area contributed by atoms with Gasteiger partial charge < -0.3 is 9.47 Å². The summed E-state index contributed by atoms with van der Waals surface area (Å²) in [7, 11) is 0. The van der Waals surface area contributed by atoms with E-state index in [2.05, 4.69) is 9.80 Å². The van der Waals surface area contributed by atoms with Crippen LogP contribution in [0.3, 0.4) is 0 Å². The SMILES string of the molecule is C1CCC(C2C3C4CCCC5C6CCC7OC8CCCCC8C7C6N(C54)C3C(C3CCCCC3)C3C4CCCC5C6CCC7OC8CCCCC8C7C6N(C54)C23)CC1. The molecule has 15 fully saturated rings. The molecule has 15 aliphatic rings. The third-order valence-electron chi connectivity index (χ3n) is 24.2. The number of rotatable bonds is 2. The molecular weight excluding hydrogens is 709 g/mol. The van der Waals surface area contributed by atoms with E-state index in [0.29, 0.717) is 24.4 Å². The van der Waals surface area contributed by atoms with Crippen molar-refractivity contribution in [2.24, 2.45) is 94.7 Å². The first-order valence-corrected chi connectivity index (χ1v) is 27.7. The lowest BCUT2D eigenvalue weighted by Gasteiger charge is -2.60. The molecule has 6 aliphatic heterocycles. The molecule has 9 aliphatic carbocycles. The van der Waals surface area contributed by atoms with E-state index in [-0.39, 0.29) is 0 Å². The number of fused-ring (bicyclic) bond motifs is 20. The third-order valence-corrected chi connectivity index (χ3v) is 24.2. The van der Waals surface area contributed by atoms with Crippen molar-refractivity contribution in [3.63, 3.8) is 0 Å². The van der Waals surface area contributed by atoms with E-state index < -0.39 is 0 Å². The fraction of sp³-hybridized carbons (Fsp3) is 1.00. The largest absolute Gasteiger partial charge is 0.374 e. The summed E-state index contributed by atoms with van der Waals surface area (Å²) in [5.41, 5.74) is 0. The van der Waals surface area contributed by atoms with Crippen molar-refractivity contribution in [3.05, 3.63) is 0 Å². The van der Waals surface area contributed by atoms with Crippen LogP contribution in [0.25, 0.3) is 0 Å². The van der Waals surface area contributed by atoms with Gasteiger partial charge in [-0.3, -0.25) is 9.80 Å². The fourth-order valence-electron chi connectivity index (χ4n) is 23.4. The summed E-state index contributed by atoms with van der Waals surface area (Å²) in [5.74, 6) is 15.5. The Hall–Kier alpha value is -0.160. The number of ether oxygens (including phenoxy) is 2. The van der Waals surface area contributed by atoms with Gasteiger partial charge in [-0.15, -0.1) is 0 Å². The van der Waals surface area contributed by atoms with Gasteiger partial charge in [0.1, 0.15) is 0 Å². The van der Waals surface area contributed by atoms with Crippen LogP contribution in [-0.2, 0) is 9.47 Å². The Morgan fingerprint density at radius 2 is 0.603 bits per heavy atom. The van der Waals surface area contributed by atoms with Crippen LogP contribution >= 0.6 is 0 Å². The maximum absolute atomic E-state index is 7.29. The smallest absolute Gasteiger partial charge is 0.0626 e. The number of hydrogen-bond acceptors (Lipinski definition) is 4. The number of nitrogens with zero attached hydrogens (tertiary/aromatic N) is 2. The second-order valence-corrected chi connectivity index (χ2v) is 25.4. The molecule has 58 heavy (non-hydrogen) atoms. The van der Waals surface area contributed by atoms with Gasteiger partial charge in [0.15, 0.2) is 0 Å². The molecule has 24 atom stereocenters. The van der Waals surface area contributed by atoms with Crippen molar-refractivity contribution in [3.8, 4) is 0 Å². The van der Waals surface area contributed by atoms with Gasteiger partial charge in [-0.05, 0) is 160 Å². The monoisotopic (exact) mass is 791 g/mol. The van der Waals surface area contributed by atoms with Crippen molar-refractivity contribution >= 4 is 0 Å². The lowest BCUT2D eigenvalue weighted by Crippen LogP contribution is -2.65. The Morgan fingerprint density at radius 3 is 1.07 bits per heavy atom. The van der Waals surface area contributed by atoms with Gasteiger partial charge in [0.25, 0.3) is 0 Å². The Bertz CT molecular complexity index is 1460. The molecule has 320 valence electrons. The Morgan fingerprint density at radius 1 is 0.224 bits per heavy atom. The van der Waals surface area contributed by atoms with Crippen LogP contribution in [0.4, 0.5) is 0 Å². The molecule has 4 heteroatoms. The first-order valence-electron chi connectivity index (χ1n) is 27.7. The second-order valence-electron chi connectivity index (χ2n) is 25.4. The van der Waals surface area contributed by atoms with Gasteiger partial charge >= 0.3 is 0 Å². The summed E-state index contributed by atoms with van der Waals surface area (Å²) in [5, 5.41) is 0. The lowest BCUT2D eigenvalue weighted by atomic mass is 9.48. The molecule has 24 unspecified atom stereocenters. The van der Waals surface area contributed by atoms with Gasteiger partial charge in [-0.2, -0.15) is 0 Å².